The second kappa shape index (κ2) is 6.65. The number of hydrogen-bond donors (Lipinski definition) is 3. The summed E-state index contributed by atoms with van der Waals surface area (Å²) in [5.41, 5.74) is 4.00. The van der Waals surface area contributed by atoms with Gasteiger partial charge in [0.25, 0.3) is 0 Å². The van der Waals surface area contributed by atoms with Gasteiger partial charge in [-0.25, -0.2) is 0 Å². The highest BCUT2D eigenvalue weighted by atomic mass is 16.5. The molecular weight excluding hydrogens is 346 g/mol. The number of phenols is 1. The van der Waals surface area contributed by atoms with Crippen LogP contribution < -0.4 is 0 Å². The molecule has 0 saturated carbocycles. The summed E-state index contributed by atoms with van der Waals surface area (Å²) in [6, 6.07) is 6.79. The molecule has 0 fully saturated rings. The molecule has 4 rings (SSSR count). The first-order valence-electron chi connectivity index (χ1n) is 8.26. The van der Waals surface area contributed by atoms with Crippen LogP contribution in [0, 0.1) is 6.92 Å². The Balaban J connectivity index is 1.96. The Bertz CT molecular complexity index is 1090. The zero-order valence-corrected chi connectivity index (χ0v) is 14.7. The molecule has 4 aromatic rings. The normalized spacial score (nSPS) is 12.4. The molecule has 1 unspecified atom stereocenters. The predicted octanol–water partition coefficient (Wildman–Crippen LogP) is 2.87. The number of ether oxygens (including phenoxy) is 1. The quantitative estimate of drug-likeness (QED) is 0.510. The maximum atomic E-state index is 10.4. The van der Waals surface area contributed by atoms with E-state index in [1.807, 2.05) is 6.92 Å². The van der Waals surface area contributed by atoms with Crippen molar-refractivity contribution in [2.75, 3.05) is 7.11 Å². The van der Waals surface area contributed by atoms with Crippen LogP contribution in [0.3, 0.4) is 0 Å². The van der Waals surface area contributed by atoms with E-state index in [0.29, 0.717) is 22.3 Å². The SMILES string of the molecule is COC(c1ccc(O)cc1)c1c[nH]c2nnnc(-c3c(C)cncc3O)c12. The Kier molecular flexibility index (Phi) is 4.17. The first-order chi connectivity index (χ1) is 13.1. The lowest BCUT2D eigenvalue weighted by atomic mass is 9.97. The van der Waals surface area contributed by atoms with Crippen molar-refractivity contribution >= 4 is 11.0 Å². The molecule has 0 aliphatic rings. The van der Waals surface area contributed by atoms with E-state index < -0.39 is 6.10 Å². The molecule has 0 amide bonds. The number of methoxy groups -OCH3 is 1. The van der Waals surface area contributed by atoms with Crippen molar-refractivity contribution in [2.24, 2.45) is 0 Å². The molecule has 3 heterocycles. The third-order valence-electron chi connectivity index (χ3n) is 4.48. The van der Waals surface area contributed by atoms with Crippen molar-refractivity contribution in [1.82, 2.24) is 25.4 Å². The van der Waals surface area contributed by atoms with Gasteiger partial charge in [0, 0.05) is 25.1 Å². The zero-order chi connectivity index (χ0) is 19.0. The van der Waals surface area contributed by atoms with Crippen LogP contribution in [-0.4, -0.2) is 42.7 Å². The van der Waals surface area contributed by atoms with Gasteiger partial charge in [0.05, 0.1) is 17.1 Å². The van der Waals surface area contributed by atoms with E-state index in [1.54, 1.807) is 43.8 Å². The maximum absolute atomic E-state index is 10.4. The van der Waals surface area contributed by atoms with Crippen molar-refractivity contribution in [3.63, 3.8) is 0 Å². The van der Waals surface area contributed by atoms with Crippen LogP contribution in [-0.2, 0) is 4.74 Å². The summed E-state index contributed by atoms with van der Waals surface area (Å²) in [4.78, 5) is 7.09. The summed E-state index contributed by atoms with van der Waals surface area (Å²) < 4.78 is 5.73. The average Bonchev–Trinajstić information content (AvgIpc) is 3.09. The summed E-state index contributed by atoms with van der Waals surface area (Å²) in [5, 5.41) is 32.7. The molecule has 0 saturated heterocycles. The molecule has 8 heteroatoms. The molecular formula is C19H17N5O3. The van der Waals surface area contributed by atoms with E-state index >= 15 is 0 Å². The van der Waals surface area contributed by atoms with E-state index in [1.165, 1.54) is 6.20 Å². The average molecular weight is 363 g/mol. The van der Waals surface area contributed by atoms with Gasteiger partial charge in [0.15, 0.2) is 5.65 Å². The second-order valence-corrected chi connectivity index (χ2v) is 6.16. The number of H-pyrrole nitrogens is 1. The summed E-state index contributed by atoms with van der Waals surface area (Å²) in [7, 11) is 1.60. The number of pyridine rings is 1. The Labute approximate surface area is 154 Å². The van der Waals surface area contributed by atoms with Crippen LogP contribution in [0.15, 0.2) is 42.9 Å². The Morgan fingerprint density at radius 1 is 1.07 bits per heavy atom. The van der Waals surface area contributed by atoms with E-state index in [2.05, 4.69) is 25.4 Å². The van der Waals surface area contributed by atoms with Crippen LogP contribution in [0.25, 0.3) is 22.3 Å². The number of nitrogens with zero attached hydrogens (tertiary/aromatic N) is 4. The van der Waals surface area contributed by atoms with Crippen LogP contribution in [0.5, 0.6) is 11.5 Å². The van der Waals surface area contributed by atoms with Gasteiger partial charge < -0.3 is 19.9 Å². The van der Waals surface area contributed by atoms with Gasteiger partial charge in [-0.1, -0.05) is 12.1 Å². The number of benzene rings is 1. The van der Waals surface area contributed by atoms with Crippen molar-refractivity contribution in [2.45, 2.75) is 13.0 Å². The minimum atomic E-state index is -0.423. The van der Waals surface area contributed by atoms with E-state index in [9.17, 15) is 10.2 Å². The first kappa shape index (κ1) is 16.9. The van der Waals surface area contributed by atoms with Gasteiger partial charge in [-0.3, -0.25) is 4.98 Å². The largest absolute Gasteiger partial charge is 0.508 e. The van der Waals surface area contributed by atoms with Gasteiger partial charge in [0.1, 0.15) is 23.3 Å². The molecule has 0 aliphatic heterocycles. The first-order valence-corrected chi connectivity index (χ1v) is 8.26. The topological polar surface area (TPSA) is 117 Å². The van der Waals surface area contributed by atoms with Gasteiger partial charge in [-0.05, 0) is 35.4 Å². The number of hydrogen-bond acceptors (Lipinski definition) is 7. The molecule has 8 nitrogen and oxygen atoms in total. The van der Waals surface area contributed by atoms with Gasteiger partial charge in [-0.15, -0.1) is 10.2 Å². The minimum absolute atomic E-state index is 0.0163. The fraction of sp³-hybridized carbons (Fsp3) is 0.158. The number of fused-ring (bicyclic) bond motifs is 1. The highest BCUT2D eigenvalue weighted by Gasteiger charge is 2.24. The van der Waals surface area contributed by atoms with Gasteiger partial charge in [0.2, 0.25) is 0 Å². The number of aromatic hydroxyl groups is 2. The number of phenolic OH excluding ortho intramolecular Hbond substituents is 1. The zero-order valence-electron chi connectivity index (χ0n) is 14.7. The molecule has 1 aromatic carbocycles. The number of nitrogens with one attached hydrogen (secondary N) is 1. The van der Waals surface area contributed by atoms with E-state index in [4.69, 9.17) is 4.74 Å². The number of rotatable bonds is 4. The molecule has 3 aromatic heterocycles. The molecule has 0 radical (unpaired) electrons. The molecule has 0 aliphatic carbocycles. The minimum Gasteiger partial charge on any atom is -0.508 e. The predicted molar refractivity (Wildman–Crippen MR) is 98.3 cm³/mol. The monoisotopic (exact) mass is 363 g/mol. The van der Waals surface area contributed by atoms with Crippen molar-refractivity contribution in [3.8, 4) is 22.8 Å². The van der Waals surface area contributed by atoms with Gasteiger partial charge in [-0.2, -0.15) is 0 Å². The van der Waals surface area contributed by atoms with E-state index in [0.717, 1.165) is 16.7 Å². The molecule has 136 valence electrons. The fourth-order valence-electron chi connectivity index (χ4n) is 3.25. The Hall–Kier alpha value is -3.52. The lowest BCUT2D eigenvalue weighted by molar-refractivity contribution is 0.137. The second-order valence-electron chi connectivity index (χ2n) is 6.16. The van der Waals surface area contributed by atoms with Gasteiger partial charge >= 0.3 is 0 Å². The lowest BCUT2D eigenvalue weighted by Gasteiger charge is -2.16. The van der Waals surface area contributed by atoms with E-state index in [-0.39, 0.29) is 11.5 Å². The molecule has 1 atom stereocenters. The van der Waals surface area contributed by atoms with Crippen molar-refractivity contribution in [3.05, 3.63) is 59.5 Å². The molecule has 0 spiro atoms. The van der Waals surface area contributed by atoms with Crippen molar-refractivity contribution < 1.29 is 14.9 Å². The fourth-order valence-corrected chi connectivity index (χ4v) is 3.25. The third-order valence-corrected chi connectivity index (χ3v) is 4.48. The number of aryl methyl sites for hydroxylation is 1. The summed E-state index contributed by atoms with van der Waals surface area (Å²) in [6.07, 6.45) is 4.40. The van der Waals surface area contributed by atoms with Crippen LogP contribution >= 0.6 is 0 Å². The number of aromatic amines is 1. The third kappa shape index (κ3) is 2.85. The molecule has 27 heavy (non-hydrogen) atoms. The maximum Gasteiger partial charge on any atom is 0.164 e. The smallest absolute Gasteiger partial charge is 0.164 e. The lowest BCUT2D eigenvalue weighted by Crippen LogP contribution is -2.04. The molecule has 3 N–H and O–H groups in total. The van der Waals surface area contributed by atoms with Crippen LogP contribution in [0.1, 0.15) is 22.8 Å². The van der Waals surface area contributed by atoms with Crippen LogP contribution in [0.2, 0.25) is 0 Å². The standard InChI is InChI=1S/C19H17N5O3/c1-10-7-20-9-14(26)15(10)17-16-13(8-21-19(16)23-24-22-17)18(27-2)11-3-5-12(25)6-4-11/h3-9,18,25-26H,1-2H3,(H,21,22,23). The Morgan fingerprint density at radius 3 is 2.56 bits per heavy atom. The molecule has 0 bridgehead atoms. The summed E-state index contributed by atoms with van der Waals surface area (Å²) in [5.74, 6) is 0.195. The highest BCUT2D eigenvalue weighted by molar-refractivity contribution is 5.95. The Morgan fingerprint density at radius 2 is 1.85 bits per heavy atom. The summed E-state index contributed by atoms with van der Waals surface area (Å²) >= 11 is 0. The summed E-state index contributed by atoms with van der Waals surface area (Å²) in [6.45, 7) is 1.84. The van der Waals surface area contributed by atoms with Crippen molar-refractivity contribution in [1.29, 1.82) is 0 Å². The number of aromatic nitrogens is 5. The van der Waals surface area contributed by atoms with Crippen LogP contribution in [0.4, 0.5) is 0 Å². The highest BCUT2D eigenvalue weighted by Crippen LogP contribution is 2.39.